The Kier molecular flexibility index (Phi) is 4.14. The van der Waals surface area contributed by atoms with Crippen LogP contribution in [-0.2, 0) is 9.53 Å². The molecule has 1 aliphatic heterocycles. The van der Waals surface area contributed by atoms with Gasteiger partial charge in [0.15, 0.2) is 12.1 Å². The van der Waals surface area contributed by atoms with Crippen molar-refractivity contribution in [2.75, 3.05) is 12.4 Å². The summed E-state index contributed by atoms with van der Waals surface area (Å²) in [6.45, 7) is 0. The zero-order valence-corrected chi connectivity index (χ0v) is 12.5. The Bertz CT molecular complexity index is 718. The molecule has 6 nitrogen and oxygen atoms in total. The molecule has 2 amide bonds. The first-order valence-corrected chi connectivity index (χ1v) is 7.15. The molecule has 3 rings (SSSR count). The maximum absolute atomic E-state index is 12.6. The van der Waals surface area contributed by atoms with Gasteiger partial charge in [-0.3, -0.25) is 4.79 Å². The van der Waals surface area contributed by atoms with Crippen molar-refractivity contribution in [3.63, 3.8) is 0 Å². The summed E-state index contributed by atoms with van der Waals surface area (Å²) < 4.78 is 10.4. The van der Waals surface area contributed by atoms with Crippen LogP contribution in [-0.4, -0.2) is 25.2 Å². The molecule has 1 aliphatic rings. The number of amides is 2. The lowest BCUT2D eigenvalue weighted by Crippen LogP contribution is -2.40. The Balaban J connectivity index is 1.81. The lowest BCUT2D eigenvalue weighted by atomic mass is 10.0. The lowest BCUT2D eigenvalue weighted by molar-refractivity contribution is -0.119. The molecular formula is C17H16N2O4. The predicted molar refractivity (Wildman–Crippen MR) is 84.2 cm³/mol. The number of hydrogen-bond donors (Lipinski definition) is 2. The number of carbonyl (C=O) groups excluding carboxylic acids is 2. The summed E-state index contributed by atoms with van der Waals surface area (Å²) in [5.41, 5.74) is 1.29. The van der Waals surface area contributed by atoms with Crippen LogP contribution < -0.4 is 15.4 Å². The monoisotopic (exact) mass is 312 g/mol. The Morgan fingerprint density at radius 1 is 1.13 bits per heavy atom. The van der Waals surface area contributed by atoms with E-state index in [1.54, 1.807) is 18.2 Å². The largest absolute Gasteiger partial charge is 0.495 e. The van der Waals surface area contributed by atoms with Gasteiger partial charge >= 0.3 is 6.09 Å². The zero-order chi connectivity index (χ0) is 16.2. The second kappa shape index (κ2) is 6.39. The van der Waals surface area contributed by atoms with Crippen LogP contribution in [0.2, 0.25) is 0 Å². The minimum absolute atomic E-state index is 0.366. The van der Waals surface area contributed by atoms with E-state index in [2.05, 4.69) is 10.6 Å². The van der Waals surface area contributed by atoms with Crippen LogP contribution >= 0.6 is 0 Å². The summed E-state index contributed by atoms with van der Waals surface area (Å²) in [5.74, 6) is 0.177. The molecule has 1 saturated heterocycles. The van der Waals surface area contributed by atoms with Crippen molar-refractivity contribution in [2.24, 2.45) is 0 Å². The topological polar surface area (TPSA) is 76.7 Å². The number of rotatable bonds is 4. The molecular weight excluding hydrogens is 296 g/mol. The lowest BCUT2D eigenvalue weighted by Gasteiger charge is -2.17. The van der Waals surface area contributed by atoms with Crippen molar-refractivity contribution in [1.82, 2.24) is 5.32 Å². The number of methoxy groups -OCH3 is 1. The van der Waals surface area contributed by atoms with E-state index in [-0.39, 0.29) is 5.91 Å². The average Bonchev–Trinajstić information content (AvgIpc) is 2.98. The minimum atomic E-state index is -0.810. The Labute approximate surface area is 133 Å². The SMILES string of the molecule is COc1ccccc1NC(=O)C1NC(=O)OC1c1ccccc1. The summed E-state index contributed by atoms with van der Waals surface area (Å²) in [6, 6.07) is 15.4. The second-order valence-electron chi connectivity index (χ2n) is 5.05. The highest BCUT2D eigenvalue weighted by Crippen LogP contribution is 2.29. The van der Waals surface area contributed by atoms with Crippen LogP contribution in [0.15, 0.2) is 54.6 Å². The number of para-hydroxylation sites is 2. The van der Waals surface area contributed by atoms with Crippen LogP contribution in [0.4, 0.5) is 10.5 Å². The molecule has 118 valence electrons. The van der Waals surface area contributed by atoms with Crippen LogP contribution in [0, 0.1) is 0 Å². The number of anilines is 1. The van der Waals surface area contributed by atoms with E-state index in [1.165, 1.54) is 7.11 Å². The van der Waals surface area contributed by atoms with Gasteiger partial charge in [-0.25, -0.2) is 4.79 Å². The van der Waals surface area contributed by atoms with Crippen molar-refractivity contribution in [3.05, 3.63) is 60.2 Å². The smallest absolute Gasteiger partial charge is 0.408 e. The van der Waals surface area contributed by atoms with Crippen molar-refractivity contribution in [1.29, 1.82) is 0 Å². The number of alkyl carbamates (subject to hydrolysis) is 1. The van der Waals surface area contributed by atoms with Crippen molar-refractivity contribution in [3.8, 4) is 5.75 Å². The number of nitrogens with one attached hydrogen (secondary N) is 2. The molecule has 2 aromatic rings. The molecule has 0 spiro atoms. The Morgan fingerprint density at radius 3 is 2.57 bits per heavy atom. The van der Waals surface area contributed by atoms with Gasteiger partial charge in [0.1, 0.15) is 5.75 Å². The van der Waals surface area contributed by atoms with Gasteiger partial charge in [-0.05, 0) is 17.7 Å². The normalized spacial score (nSPS) is 19.6. The van der Waals surface area contributed by atoms with Gasteiger partial charge < -0.3 is 20.1 Å². The highest BCUT2D eigenvalue weighted by atomic mass is 16.6. The first kappa shape index (κ1) is 14.9. The van der Waals surface area contributed by atoms with Gasteiger partial charge in [0, 0.05) is 0 Å². The average molecular weight is 312 g/mol. The van der Waals surface area contributed by atoms with Crippen molar-refractivity contribution >= 4 is 17.7 Å². The first-order chi connectivity index (χ1) is 11.2. The highest BCUT2D eigenvalue weighted by Gasteiger charge is 2.40. The molecule has 2 aromatic carbocycles. The van der Waals surface area contributed by atoms with Gasteiger partial charge in [-0.1, -0.05) is 42.5 Å². The van der Waals surface area contributed by atoms with Crippen LogP contribution in [0.25, 0.3) is 0 Å². The summed E-state index contributed by atoms with van der Waals surface area (Å²) in [6.07, 6.45) is -1.28. The summed E-state index contributed by atoms with van der Waals surface area (Å²) in [5, 5.41) is 5.31. The molecule has 1 heterocycles. The molecule has 0 radical (unpaired) electrons. The predicted octanol–water partition coefficient (Wildman–Crippen LogP) is 2.48. The summed E-state index contributed by atoms with van der Waals surface area (Å²) in [7, 11) is 1.53. The quantitative estimate of drug-likeness (QED) is 0.909. The van der Waals surface area contributed by atoms with E-state index in [0.717, 1.165) is 5.56 Å². The van der Waals surface area contributed by atoms with Crippen LogP contribution in [0.3, 0.4) is 0 Å². The number of carbonyl (C=O) groups is 2. The van der Waals surface area contributed by atoms with Gasteiger partial charge in [-0.15, -0.1) is 0 Å². The highest BCUT2D eigenvalue weighted by molar-refractivity contribution is 5.99. The molecule has 23 heavy (non-hydrogen) atoms. The Hall–Kier alpha value is -3.02. The maximum atomic E-state index is 12.6. The molecule has 0 aliphatic carbocycles. The van der Waals surface area contributed by atoms with Crippen molar-refractivity contribution in [2.45, 2.75) is 12.1 Å². The minimum Gasteiger partial charge on any atom is -0.495 e. The molecule has 0 aromatic heterocycles. The maximum Gasteiger partial charge on any atom is 0.408 e. The third kappa shape index (κ3) is 3.11. The molecule has 2 N–H and O–H groups in total. The second-order valence-corrected chi connectivity index (χ2v) is 5.05. The number of ether oxygens (including phenoxy) is 2. The van der Waals surface area contributed by atoms with Crippen LogP contribution in [0.1, 0.15) is 11.7 Å². The van der Waals surface area contributed by atoms with Gasteiger partial charge in [0.05, 0.1) is 12.8 Å². The van der Waals surface area contributed by atoms with Gasteiger partial charge in [0.25, 0.3) is 5.91 Å². The summed E-state index contributed by atoms with van der Waals surface area (Å²) >= 11 is 0. The van der Waals surface area contributed by atoms with Gasteiger partial charge in [0.2, 0.25) is 0 Å². The number of cyclic esters (lactones) is 1. The third-order valence-corrected chi connectivity index (χ3v) is 3.59. The zero-order valence-electron chi connectivity index (χ0n) is 12.5. The van der Waals surface area contributed by atoms with E-state index in [4.69, 9.17) is 9.47 Å². The van der Waals surface area contributed by atoms with E-state index in [9.17, 15) is 9.59 Å². The summed E-state index contributed by atoms with van der Waals surface area (Å²) in [4.78, 5) is 24.1. The molecule has 2 unspecified atom stereocenters. The van der Waals surface area contributed by atoms with Crippen LogP contribution in [0.5, 0.6) is 5.75 Å². The fraction of sp³-hybridized carbons (Fsp3) is 0.176. The fourth-order valence-electron chi connectivity index (χ4n) is 2.48. The fourth-order valence-corrected chi connectivity index (χ4v) is 2.48. The molecule has 2 atom stereocenters. The van der Waals surface area contributed by atoms with E-state index in [1.807, 2.05) is 36.4 Å². The Morgan fingerprint density at radius 2 is 1.83 bits per heavy atom. The molecule has 0 bridgehead atoms. The van der Waals surface area contributed by atoms with Crippen molar-refractivity contribution < 1.29 is 19.1 Å². The molecule has 0 saturated carbocycles. The standard InChI is InChI=1S/C17H16N2O4/c1-22-13-10-6-5-9-12(13)18-16(20)14-15(23-17(21)19-14)11-7-3-2-4-8-11/h2-10,14-15H,1H3,(H,18,20)(H,19,21). The molecule has 1 fully saturated rings. The van der Waals surface area contributed by atoms with E-state index < -0.39 is 18.2 Å². The first-order valence-electron chi connectivity index (χ1n) is 7.15. The van der Waals surface area contributed by atoms with E-state index in [0.29, 0.717) is 11.4 Å². The third-order valence-electron chi connectivity index (χ3n) is 3.59. The van der Waals surface area contributed by atoms with E-state index >= 15 is 0 Å². The molecule has 6 heteroatoms. The number of benzene rings is 2. The van der Waals surface area contributed by atoms with Gasteiger partial charge in [-0.2, -0.15) is 0 Å². The number of hydrogen-bond acceptors (Lipinski definition) is 4.